The smallest absolute Gasteiger partial charge is 0.0147 e. The van der Waals surface area contributed by atoms with Crippen molar-refractivity contribution in [2.75, 3.05) is 0 Å². The van der Waals surface area contributed by atoms with Gasteiger partial charge in [0.05, 0.1) is 0 Å². The predicted octanol–water partition coefficient (Wildman–Crippen LogP) is 5.60. The Morgan fingerprint density at radius 2 is 1.67 bits per heavy atom. The van der Waals surface area contributed by atoms with Crippen molar-refractivity contribution in [3.63, 3.8) is 0 Å². The van der Waals surface area contributed by atoms with E-state index in [0.717, 1.165) is 6.42 Å². The van der Waals surface area contributed by atoms with Crippen LogP contribution in [0, 0.1) is 13.8 Å². The molecule has 1 unspecified atom stereocenters. The first kappa shape index (κ1) is 13.9. The first-order valence-electron chi connectivity index (χ1n) is 7.60. The fourth-order valence-electron chi connectivity index (χ4n) is 3.02. The minimum atomic E-state index is 0.0849. The van der Waals surface area contributed by atoms with Gasteiger partial charge in [0.15, 0.2) is 0 Å². The van der Waals surface area contributed by atoms with Gasteiger partial charge in [0, 0.05) is 5.41 Å². The van der Waals surface area contributed by atoms with Gasteiger partial charge in [-0.15, -0.1) is 0 Å². The van der Waals surface area contributed by atoms with Gasteiger partial charge in [-0.1, -0.05) is 84.8 Å². The van der Waals surface area contributed by atoms with Crippen LogP contribution >= 0.6 is 0 Å². The molecule has 0 fully saturated rings. The largest absolute Gasteiger partial charge is 0.0827 e. The van der Waals surface area contributed by atoms with Crippen molar-refractivity contribution in [3.8, 4) is 0 Å². The SMILES string of the molecule is Cc1ccc(C2(C)C=C(c3cccc(C)c3)C=CC2)cc1. The molecule has 0 amide bonds. The molecule has 3 rings (SSSR count). The van der Waals surface area contributed by atoms with E-state index in [1.807, 2.05) is 0 Å². The minimum absolute atomic E-state index is 0.0849. The minimum Gasteiger partial charge on any atom is -0.0827 e. The monoisotopic (exact) mass is 274 g/mol. The van der Waals surface area contributed by atoms with Crippen molar-refractivity contribution < 1.29 is 0 Å². The van der Waals surface area contributed by atoms with Gasteiger partial charge < -0.3 is 0 Å². The van der Waals surface area contributed by atoms with E-state index in [1.54, 1.807) is 0 Å². The summed E-state index contributed by atoms with van der Waals surface area (Å²) in [5.41, 5.74) is 6.74. The average molecular weight is 274 g/mol. The Balaban J connectivity index is 2.01. The number of rotatable bonds is 2. The third-order valence-corrected chi connectivity index (χ3v) is 4.38. The Labute approximate surface area is 127 Å². The Morgan fingerprint density at radius 3 is 2.38 bits per heavy atom. The molecule has 0 radical (unpaired) electrons. The van der Waals surface area contributed by atoms with Crippen LogP contribution < -0.4 is 0 Å². The van der Waals surface area contributed by atoms with Crippen molar-refractivity contribution in [2.24, 2.45) is 0 Å². The zero-order chi connectivity index (χ0) is 14.9. The second kappa shape index (κ2) is 5.37. The molecule has 2 aromatic rings. The van der Waals surface area contributed by atoms with Gasteiger partial charge in [0.1, 0.15) is 0 Å². The summed E-state index contributed by atoms with van der Waals surface area (Å²) in [6.07, 6.45) is 8.04. The quantitative estimate of drug-likeness (QED) is 0.668. The normalized spacial score (nSPS) is 21.2. The lowest BCUT2D eigenvalue weighted by atomic mass is 9.74. The second-order valence-electron chi connectivity index (χ2n) is 6.36. The fourth-order valence-corrected chi connectivity index (χ4v) is 3.02. The van der Waals surface area contributed by atoms with E-state index in [0.29, 0.717) is 0 Å². The second-order valence-corrected chi connectivity index (χ2v) is 6.36. The van der Waals surface area contributed by atoms with Crippen LogP contribution in [0.4, 0.5) is 0 Å². The molecular formula is C21H22. The summed E-state index contributed by atoms with van der Waals surface area (Å²) < 4.78 is 0. The van der Waals surface area contributed by atoms with Gasteiger partial charge in [0.2, 0.25) is 0 Å². The van der Waals surface area contributed by atoms with Crippen LogP contribution in [-0.2, 0) is 5.41 Å². The molecule has 0 nitrogen and oxygen atoms in total. The number of hydrogen-bond acceptors (Lipinski definition) is 0. The molecule has 0 bridgehead atoms. The van der Waals surface area contributed by atoms with Crippen molar-refractivity contribution in [1.29, 1.82) is 0 Å². The number of hydrogen-bond donors (Lipinski definition) is 0. The Kier molecular flexibility index (Phi) is 3.55. The molecule has 106 valence electrons. The first-order valence-corrected chi connectivity index (χ1v) is 7.60. The standard InChI is InChI=1S/C21H22/c1-16-9-11-20(12-10-16)21(3)13-5-8-19(15-21)18-7-4-6-17(2)14-18/h4-12,14-15H,13H2,1-3H3. The van der Waals surface area contributed by atoms with Crippen LogP contribution in [-0.4, -0.2) is 0 Å². The van der Waals surface area contributed by atoms with Gasteiger partial charge in [-0.3, -0.25) is 0 Å². The van der Waals surface area contributed by atoms with Crippen LogP contribution in [0.15, 0.2) is 66.8 Å². The third-order valence-electron chi connectivity index (χ3n) is 4.38. The van der Waals surface area contributed by atoms with E-state index in [9.17, 15) is 0 Å². The van der Waals surface area contributed by atoms with Gasteiger partial charge >= 0.3 is 0 Å². The summed E-state index contributed by atoms with van der Waals surface area (Å²) in [6.45, 7) is 6.62. The highest BCUT2D eigenvalue weighted by atomic mass is 14.3. The summed E-state index contributed by atoms with van der Waals surface area (Å²) in [5, 5.41) is 0. The average Bonchev–Trinajstić information content (AvgIpc) is 2.48. The lowest BCUT2D eigenvalue weighted by molar-refractivity contribution is 0.602. The molecule has 0 spiro atoms. The van der Waals surface area contributed by atoms with Gasteiger partial charge in [-0.2, -0.15) is 0 Å². The Morgan fingerprint density at radius 1 is 0.905 bits per heavy atom. The molecule has 0 aliphatic heterocycles. The highest BCUT2D eigenvalue weighted by Gasteiger charge is 2.25. The van der Waals surface area contributed by atoms with Crippen molar-refractivity contribution >= 4 is 5.57 Å². The van der Waals surface area contributed by atoms with E-state index in [2.05, 4.69) is 87.5 Å². The van der Waals surface area contributed by atoms with Crippen LogP contribution in [0.3, 0.4) is 0 Å². The lowest BCUT2D eigenvalue weighted by Crippen LogP contribution is -2.20. The number of benzene rings is 2. The Hall–Kier alpha value is -2.08. The van der Waals surface area contributed by atoms with E-state index in [1.165, 1.54) is 27.8 Å². The predicted molar refractivity (Wildman–Crippen MR) is 91.4 cm³/mol. The van der Waals surface area contributed by atoms with E-state index in [4.69, 9.17) is 0 Å². The summed E-state index contributed by atoms with van der Waals surface area (Å²) in [4.78, 5) is 0. The van der Waals surface area contributed by atoms with Crippen molar-refractivity contribution in [2.45, 2.75) is 32.6 Å². The van der Waals surface area contributed by atoms with E-state index >= 15 is 0 Å². The van der Waals surface area contributed by atoms with E-state index < -0.39 is 0 Å². The lowest BCUT2D eigenvalue weighted by Gasteiger charge is -2.29. The van der Waals surface area contributed by atoms with Crippen LogP contribution in [0.5, 0.6) is 0 Å². The van der Waals surface area contributed by atoms with Crippen LogP contribution in [0.1, 0.15) is 35.6 Å². The molecule has 0 aromatic heterocycles. The summed E-state index contributed by atoms with van der Waals surface area (Å²) in [5.74, 6) is 0. The Bertz CT molecular complexity index is 701. The summed E-state index contributed by atoms with van der Waals surface area (Å²) in [6, 6.07) is 17.7. The summed E-state index contributed by atoms with van der Waals surface area (Å²) in [7, 11) is 0. The van der Waals surface area contributed by atoms with Crippen molar-refractivity contribution in [1.82, 2.24) is 0 Å². The molecule has 2 aromatic carbocycles. The maximum Gasteiger partial charge on any atom is 0.0147 e. The molecule has 1 aliphatic rings. The van der Waals surface area contributed by atoms with Crippen LogP contribution in [0.25, 0.3) is 5.57 Å². The maximum atomic E-state index is 2.42. The molecule has 21 heavy (non-hydrogen) atoms. The zero-order valence-electron chi connectivity index (χ0n) is 13.1. The van der Waals surface area contributed by atoms with Crippen molar-refractivity contribution in [3.05, 3.63) is 89.0 Å². The molecule has 1 aliphatic carbocycles. The maximum absolute atomic E-state index is 2.42. The van der Waals surface area contributed by atoms with Gasteiger partial charge in [0.25, 0.3) is 0 Å². The van der Waals surface area contributed by atoms with Gasteiger partial charge in [-0.05, 0) is 37.0 Å². The first-order chi connectivity index (χ1) is 10.1. The fraction of sp³-hybridized carbons (Fsp3) is 0.238. The number of aryl methyl sites for hydroxylation is 2. The topological polar surface area (TPSA) is 0 Å². The third kappa shape index (κ3) is 2.85. The molecule has 0 saturated carbocycles. The van der Waals surface area contributed by atoms with Gasteiger partial charge in [-0.25, -0.2) is 0 Å². The van der Waals surface area contributed by atoms with Crippen LogP contribution in [0.2, 0.25) is 0 Å². The molecule has 0 heteroatoms. The molecule has 1 atom stereocenters. The number of allylic oxidation sites excluding steroid dienone is 4. The molecule has 0 heterocycles. The molecular weight excluding hydrogens is 252 g/mol. The highest BCUT2D eigenvalue weighted by molar-refractivity contribution is 5.77. The zero-order valence-corrected chi connectivity index (χ0v) is 13.1. The van der Waals surface area contributed by atoms with E-state index in [-0.39, 0.29) is 5.41 Å². The molecule has 0 saturated heterocycles. The summed E-state index contributed by atoms with van der Waals surface area (Å²) >= 11 is 0. The molecule has 0 N–H and O–H groups in total. The highest BCUT2D eigenvalue weighted by Crippen LogP contribution is 2.37.